The molecule has 18 heavy (non-hydrogen) atoms. The van der Waals surface area contributed by atoms with Gasteiger partial charge in [-0.3, -0.25) is 0 Å². The van der Waals surface area contributed by atoms with E-state index in [-0.39, 0.29) is 5.97 Å². The lowest BCUT2D eigenvalue weighted by molar-refractivity contribution is 0.0734. The third-order valence-electron chi connectivity index (χ3n) is 2.38. The second-order valence-corrected chi connectivity index (χ2v) is 5.06. The Morgan fingerprint density at radius 3 is 2.50 bits per heavy atom. The van der Waals surface area contributed by atoms with Crippen molar-refractivity contribution >= 4 is 37.8 Å². The van der Waals surface area contributed by atoms with E-state index in [4.69, 9.17) is 4.74 Å². The van der Waals surface area contributed by atoms with Crippen LogP contribution in [0.5, 0.6) is 5.75 Å². The summed E-state index contributed by atoms with van der Waals surface area (Å²) in [4.78, 5) is 11.9. The molecule has 2 nitrogen and oxygen atoms in total. The predicted octanol–water partition coefficient (Wildman–Crippen LogP) is 4.56. The fourth-order valence-electron chi connectivity index (χ4n) is 1.46. The normalized spacial score (nSPS) is 10.1. The minimum absolute atomic E-state index is 0.349. The molecule has 0 aliphatic carbocycles. The zero-order valence-electron chi connectivity index (χ0n) is 9.40. The maximum Gasteiger partial charge on any atom is 0.343 e. The molecular formula is C14H10Br2O2. The molecule has 0 atom stereocenters. The van der Waals surface area contributed by atoms with Crippen molar-refractivity contribution in [3.63, 3.8) is 0 Å². The molecule has 0 amide bonds. The van der Waals surface area contributed by atoms with Gasteiger partial charge in [0.1, 0.15) is 5.75 Å². The standard InChI is InChI=1S/C14H10Br2O2/c15-9-11-8-12(6-7-13(11)16)18-14(17)10-4-2-1-3-5-10/h1-8H,9H2. The second kappa shape index (κ2) is 6.16. The lowest BCUT2D eigenvalue weighted by atomic mass is 10.2. The fourth-order valence-corrected chi connectivity index (χ4v) is 2.68. The maximum absolute atomic E-state index is 11.9. The molecule has 2 rings (SSSR count). The highest BCUT2D eigenvalue weighted by atomic mass is 79.9. The van der Waals surface area contributed by atoms with Crippen molar-refractivity contribution in [3.05, 3.63) is 64.1 Å². The van der Waals surface area contributed by atoms with E-state index >= 15 is 0 Å². The molecule has 0 spiro atoms. The number of benzene rings is 2. The van der Waals surface area contributed by atoms with Gasteiger partial charge in [0.05, 0.1) is 5.56 Å². The Morgan fingerprint density at radius 1 is 1.11 bits per heavy atom. The Labute approximate surface area is 122 Å². The summed E-state index contributed by atoms with van der Waals surface area (Å²) in [6.45, 7) is 0. The van der Waals surface area contributed by atoms with Crippen molar-refractivity contribution in [1.82, 2.24) is 0 Å². The van der Waals surface area contributed by atoms with Crippen LogP contribution in [0.25, 0.3) is 0 Å². The van der Waals surface area contributed by atoms with E-state index in [0.29, 0.717) is 16.6 Å². The molecule has 4 heteroatoms. The van der Waals surface area contributed by atoms with Crippen LogP contribution in [0, 0.1) is 0 Å². The Kier molecular flexibility index (Phi) is 4.55. The van der Waals surface area contributed by atoms with Gasteiger partial charge in [0, 0.05) is 9.80 Å². The highest BCUT2D eigenvalue weighted by Crippen LogP contribution is 2.25. The third-order valence-corrected chi connectivity index (χ3v) is 3.76. The van der Waals surface area contributed by atoms with Crippen LogP contribution < -0.4 is 4.74 Å². The van der Waals surface area contributed by atoms with Crippen LogP contribution in [0.4, 0.5) is 0 Å². The quantitative estimate of drug-likeness (QED) is 0.450. The van der Waals surface area contributed by atoms with Crippen molar-refractivity contribution in [2.24, 2.45) is 0 Å². The van der Waals surface area contributed by atoms with E-state index in [1.165, 1.54) is 0 Å². The van der Waals surface area contributed by atoms with Crippen LogP contribution in [0.2, 0.25) is 0 Å². The molecule has 0 N–H and O–H groups in total. The van der Waals surface area contributed by atoms with Crippen LogP contribution in [0.3, 0.4) is 0 Å². The second-order valence-electron chi connectivity index (χ2n) is 3.64. The molecule has 0 heterocycles. The van der Waals surface area contributed by atoms with Gasteiger partial charge in [-0.1, -0.05) is 50.1 Å². The first-order valence-electron chi connectivity index (χ1n) is 5.32. The van der Waals surface area contributed by atoms with Crippen LogP contribution in [0.1, 0.15) is 15.9 Å². The molecule has 0 aromatic heterocycles. The van der Waals surface area contributed by atoms with Gasteiger partial charge in [-0.2, -0.15) is 0 Å². The van der Waals surface area contributed by atoms with E-state index in [0.717, 1.165) is 10.0 Å². The van der Waals surface area contributed by atoms with Crippen molar-refractivity contribution in [2.45, 2.75) is 5.33 Å². The largest absolute Gasteiger partial charge is 0.423 e. The molecule has 92 valence electrons. The number of hydrogen-bond donors (Lipinski definition) is 0. The van der Waals surface area contributed by atoms with Gasteiger partial charge in [-0.05, 0) is 35.9 Å². The molecule has 0 radical (unpaired) electrons. The van der Waals surface area contributed by atoms with Crippen molar-refractivity contribution in [2.75, 3.05) is 0 Å². The van der Waals surface area contributed by atoms with E-state index in [2.05, 4.69) is 31.9 Å². The molecule has 0 unspecified atom stereocenters. The van der Waals surface area contributed by atoms with E-state index in [1.807, 2.05) is 30.3 Å². The van der Waals surface area contributed by atoms with Gasteiger partial charge < -0.3 is 4.74 Å². The minimum atomic E-state index is -0.349. The van der Waals surface area contributed by atoms with E-state index in [1.54, 1.807) is 18.2 Å². The Bertz CT molecular complexity index is 553. The minimum Gasteiger partial charge on any atom is -0.423 e. The molecule has 2 aromatic carbocycles. The number of carbonyl (C=O) groups excluding carboxylic acids is 1. The molecule has 0 aliphatic heterocycles. The van der Waals surface area contributed by atoms with Gasteiger partial charge in [0.25, 0.3) is 0 Å². The molecule has 0 saturated carbocycles. The lowest BCUT2D eigenvalue weighted by Crippen LogP contribution is -2.08. The van der Waals surface area contributed by atoms with Gasteiger partial charge in [0.2, 0.25) is 0 Å². The van der Waals surface area contributed by atoms with E-state index < -0.39 is 0 Å². The average Bonchev–Trinajstić information content (AvgIpc) is 2.42. The topological polar surface area (TPSA) is 26.3 Å². The van der Waals surface area contributed by atoms with Crippen LogP contribution >= 0.6 is 31.9 Å². The highest BCUT2D eigenvalue weighted by molar-refractivity contribution is 9.10. The van der Waals surface area contributed by atoms with Gasteiger partial charge in [-0.25, -0.2) is 4.79 Å². The summed E-state index contributed by atoms with van der Waals surface area (Å²) in [6, 6.07) is 14.4. The Balaban J connectivity index is 2.17. The highest BCUT2D eigenvalue weighted by Gasteiger charge is 2.09. The molecule has 0 saturated heterocycles. The smallest absolute Gasteiger partial charge is 0.343 e. The molecule has 2 aromatic rings. The van der Waals surface area contributed by atoms with Crippen molar-refractivity contribution < 1.29 is 9.53 Å². The first kappa shape index (κ1) is 13.3. The number of carbonyl (C=O) groups is 1. The number of esters is 1. The SMILES string of the molecule is O=C(Oc1ccc(Br)c(CBr)c1)c1ccccc1. The van der Waals surface area contributed by atoms with Crippen molar-refractivity contribution in [1.29, 1.82) is 0 Å². The van der Waals surface area contributed by atoms with Crippen LogP contribution in [-0.4, -0.2) is 5.97 Å². The van der Waals surface area contributed by atoms with Gasteiger partial charge in [-0.15, -0.1) is 0 Å². The Morgan fingerprint density at radius 2 is 1.83 bits per heavy atom. The molecule has 0 aliphatic rings. The molecule has 0 fully saturated rings. The zero-order chi connectivity index (χ0) is 13.0. The summed E-state index contributed by atoms with van der Waals surface area (Å²) in [5.41, 5.74) is 1.58. The summed E-state index contributed by atoms with van der Waals surface area (Å²) in [5.74, 6) is 0.194. The van der Waals surface area contributed by atoms with Crippen molar-refractivity contribution in [3.8, 4) is 5.75 Å². The van der Waals surface area contributed by atoms with Crippen LogP contribution in [0.15, 0.2) is 53.0 Å². The maximum atomic E-state index is 11.9. The fraction of sp³-hybridized carbons (Fsp3) is 0.0714. The Hall–Kier alpha value is -1.13. The number of halogens is 2. The van der Waals surface area contributed by atoms with Gasteiger partial charge in [0.15, 0.2) is 0 Å². The number of hydrogen-bond acceptors (Lipinski definition) is 2. The first-order chi connectivity index (χ1) is 8.70. The number of ether oxygens (including phenoxy) is 1. The molecule has 0 bridgehead atoms. The summed E-state index contributed by atoms with van der Waals surface area (Å²) >= 11 is 6.81. The number of rotatable bonds is 3. The third kappa shape index (κ3) is 3.21. The summed E-state index contributed by atoms with van der Waals surface area (Å²) < 4.78 is 6.30. The van der Waals surface area contributed by atoms with Gasteiger partial charge >= 0.3 is 5.97 Å². The predicted molar refractivity (Wildman–Crippen MR) is 78.2 cm³/mol. The summed E-state index contributed by atoms with van der Waals surface area (Å²) in [5, 5.41) is 0.699. The lowest BCUT2D eigenvalue weighted by Gasteiger charge is -2.07. The van der Waals surface area contributed by atoms with E-state index in [9.17, 15) is 4.79 Å². The monoisotopic (exact) mass is 368 g/mol. The summed E-state index contributed by atoms with van der Waals surface area (Å²) in [6.07, 6.45) is 0. The first-order valence-corrected chi connectivity index (χ1v) is 7.24. The summed E-state index contributed by atoms with van der Waals surface area (Å²) in [7, 11) is 0. The average molecular weight is 370 g/mol. The molecular weight excluding hydrogens is 360 g/mol. The van der Waals surface area contributed by atoms with Crippen LogP contribution in [-0.2, 0) is 5.33 Å². The number of alkyl halides is 1. The zero-order valence-corrected chi connectivity index (χ0v) is 12.6.